The maximum Gasteiger partial charge on any atom is 0.416 e. The van der Waals surface area contributed by atoms with Gasteiger partial charge in [0, 0.05) is 21.3 Å². The van der Waals surface area contributed by atoms with E-state index >= 15 is 0 Å². The van der Waals surface area contributed by atoms with Gasteiger partial charge in [-0.3, -0.25) is 4.79 Å². The van der Waals surface area contributed by atoms with E-state index in [1.807, 2.05) is 36.4 Å². The van der Waals surface area contributed by atoms with Gasteiger partial charge >= 0.3 is 6.18 Å². The standard InChI is InChI=1S/C23H13BrF3I2NO2/c24-15-4-1-12(2-5-15)11-32-21-18(28)8-13(9-19(21)29)7-17-16-6-3-14(23(25,26)27)10-20(16)30-22(17)31/h1-10H,11H2,(H,30,31)/b17-7-. The minimum Gasteiger partial charge on any atom is -0.487 e. The maximum atomic E-state index is 13.0. The van der Waals surface area contributed by atoms with Gasteiger partial charge in [-0.25, -0.2) is 0 Å². The van der Waals surface area contributed by atoms with Crippen molar-refractivity contribution in [3.8, 4) is 5.75 Å². The minimum atomic E-state index is -4.47. The Morgan fingerprint density at radius 3 is 2.28 bits per heavy atom. The highest BCUT2D eigenvalue weighted by Gasteiger charge is 2.33. The van der Waals surface area contributed by atoms with Crippen LogP contribution in [0.5, 0.6) is 5.75 Å². The van der Waals surface area contributed by atoms with E-state index in [1.54, 1.807) is 6.08 Å². The van der Waals surface area contributed by atoms with Gasteiger partial charge in [-0.1, -0.05) is 34.1 Å². The van der Waals surface area contributed by atoms with Crippen molar-refractivity contribution in [2.24, 2.45) is 0 Å². The summed E-state index contributed by atoms with van der Waals surface area (Å²) in [6.45, 7) is 0.414. The summed E-state index contributed by atoms with van der Waals surface area (Å²) in [4.78, 5) is 12.4. The van der Waals surface area contributed by atoms with Crippen molar-refractivity contribution in [2.45, 2.75) is 12.8 Å². The first-order chi connectivity index (χ1) is 15.1. The molecule has 164 valence electrons. The third kappa shape index (κ3) is 5.14. The van der Waals surface area contributed by atoms with Crippen molar-refractivity contribution in [2.75, 3.05) is 5.32 Å². The molecule has 4 rings (SSSR count). The number of alkyl halides is 3. The summed E-state index contributed by atoms with van der Waals surface area (Å²) in [5.41, 5.74) is 1.92. The molecule has 1 N–H and O–H groups in total. The Labute approximate surface area is 217 Å². The van der Waals surface area contributed by atoms with Gasteiger partial charge in [0.1, 0.15) is 12.4 Å². The first kappa shape index (κ1) is 23.6. The van der Waals surface area contributed by atoms with Crippen LogP contribution in [0.25, 0.3) is 11.6 Å². The summed E-state index contributed by atoms with van der Waals surface area (Å²) < 4.78 is 47.6. The number of hydrogen-bond acceptors (Lipinski definition) is 2. The van der Waals surface area contributed by atoms with Crippen LogP contribution in [-0.4, -0.2) is 5.91 Å². The molecular weight excluding hydrogens is 713 g/mol. The fourth-order valence-corrected chi connectivity index (χ4v) is 5.61. The largest absolute Gasteiger partial charge is 0.487 e. The van der Waals surface area contributed by atoms with Crippen LogP contribution in [0.3, 0.4) is 0 Å². The van der Waals surface area contributed by atoms with Crippen LogP contribution in [0.1, 0.15) is 22.3 Å². The van der Waals surface area contributed by atoms with Gasteiger partial charge in [-0.2, -0.15) is 13.2 Å². The molecule has 0 saturated carbocycles. The molecule has 32 heavy (non-hydrogen) atoms. The van der Waals surface area contributed by atoms with Crippen molar-refractivity contribution < 1.29 is 22.7 Å². The molecule has 0 atom stereocenters. The molecule has 1 aliphatic heterocycles. The van der Waals surface area contributed by atoms with E-state index in [9.17, 15) is 18.0 Å². The number of rotatable bonds is 4. The molecular formula is C23H13BrF3I2NO2. The summed E-state index contributed by atoms with van der Waals surface area (Å²) in [7, 11) is 0. The van der Waals surface area contributed by atoms with E-state index in [4.69, 9.17) is 4.74 Å². The molecule has 3 nitrogen and oxygen atoms in total. The van der Waals surface area contributed by atoms with Crippen LogP contribution in [0.15, 0.2) is 59.1 Å². The van der Waals surface area contributed by atoms with Crippen molar-refractivity contribution in [1.82, 2.24) is 0 Å². The second kappa shape index (κ2) is 9.34. The van der Waals surface area contributed by atoms with E-state index in [0.717, 1.165) is 40.6 Å². The van der Waals surface area contributed by atoms with E-state index in [1.165, 1.54) is 6.07 Å². The van der Waals surface area contributed by atoms with Gasteiger partial charge in [0.15, 0.2) is 0 Å². The van der Waals surface area contributed by atoms with Crippen LogP contribution >= 0.6 is 61.1 Å². The van der Waals surface area contributed by atoms with Gasteiger partial charge in [0.2, 0.25) is 0 Å². The van der Waals surface area contributed by atoms with Crippen molar-refractivity contribution >= 4 is 84.4 Å². The molecule has 1 heterocycles. The SMILES string of the molecule is O=C1Nc2cc(C(F)(F)F)ccc2/C1=C/c1cc(I)c(OCc2ccc(Br)cc2)c(I)c1. The van der Waals surface area contributed by atoms with E-state index in [2.05, 4.69) is 66.4 Å². The predicted molar refractivity (Wildman–Crippen MR) is 138 cm³/mol. The molecule has 9 heteroatoms. The first-order valence-electron chi connectivity index (χ1n) is 9.23. The molecule has 1 aliphatic rings. The van der Waals surface area contributed by atoms with E-state index < -0.39 is 17.6 Å². The summed E-state index contributed by atoms with van der Waals surface area (Å²) >= 11 is 7.75. The van der Waals surface area contributed by atoms with Crippen LogP contribution in [0.2, 0.25) is 0 Å². The Hall–Kier alpha value is -1.60. The molecule has 0 spiro atoms. The van der Waals surface area contributed by atoms with Crippen LogP contribution < -0.4 is 10.1 Å². The maximum absolute atomic E-state index is 13.0. The lowest BCUT2D eigenvalue weighted by Gasteiger charge is -2.12. The number of halogens is 6. The van der Waals surface area contributed by atoms with Crippen molar-refractivity contribution in [1.29, 1.82) is 0 Å². The Bertz CT molecular complexity index is 1220. The number of ether oxygens (including phenoxy) is 1. The van der Waals surface area contributed by atoms with Gasteiger partial charge in [0.25, 0.3) is 5.91 Å². The number of benzene rings is 3. The second-order valence-corrected chi connectivity index (χ2v) is 10.2. The van der Waals surface area contributed by atoms with Crippen LogP contribution in [-0.2, 0) is 17.6 Å². The number of carbonyl (C=O) groups excluding carboxylic acids is 1. The number of amides is 1. The lowest BCUT2D eigenvalue weighted by molar-refractivity contribution is -0.137. The molecule has 0 aromatic heterocycles. The van der Waals surface area contributed by atoms with Gasteiger partial charge in [-0.15, -0.1) is 0 Å². The average molecular weight is 726 g/mol. The Balaban J connectivity index is 1.60. The number of fused-ring (bicyclic) bond motifs is 1. The molecule has 0 radical (unpaired) electrons. The van der Waals surface area contributed by atoms with Crippen molar-refractivity contribution in [3.05, 3.63) is 88.5 Å². The zero-order valence-corrected chi connectivity index (χ0v) is 22.0. The number of nitrogens with one attached hydrogen (secondary N) is 1. The Morgan fingerprint density at radius 1 is 1.00 bits per heavy atom. The molecule has 0 bridgehead atoms. The monoisotopic (exact) mass is 725 g/mol. The lowest BCUT2D eigenvalue weighted by atomic mass is 10.0. The van der Waals surface area contributed by atoms with Crippen LogP contribution in [0, 0.1) is 7.14 Å². The summed E-state index contributed by atoms with van der Waals surface area (Å²) in [6.07, 6.45) is -2.79. The number of anilines is 1. The van der Waals surface area contributed by atoms with Gasteiger partial charge < -0.3 is 10.1 Å². The quantitative estimate of drug-likeness (QED) is 0.221. The molecule has 0 saturated heterocycles. The first-order valence-corrected chi connectivity index (χ1v) is 12.2. The normalized spacial score (nSPS) is 14.4. The molecule has 1 amide bonds. The average Bonchev–Trinajstić information content (AvgIpc) is 3.02. The Kier molecular flexibility index (Phi) is 6.87. The fourth-order valence-electron chi connectivity index (χ4n) is 3.22. The highest BCUT2D eigenvalue weighted by Crippen LogP contribution is 2.39. The van der Waals surface area contributed by atoms with E-state index in [-0.39, 0.29) is 5.69 Å². The topological polar surface area (TPSA) is 38.3 Å². The highest BCUT2D eigenvalue weighted by molar-refractivity contribution is 14.1. The zero-order valence-electron chi connectivity index (χ0n) is 16.1. The molecule has 0 aliphatic carbocycles. The van der Waals surface area contributed by atoms with Crippen LogP contribution in [0.4, 0.5) is 18.9 Å². The summed E-state index contributed by atoms with van der Waals surface area (Å²) in [6, 6.07) is 14.9. The summed E-state index contributed by atoms with van der Waals surface area (Å²) in [5.74, 6) is 0.308. The van der Waals surface area contributed by atoms with Gasteiger partial charge in [0.05, 0.1) is 12.7 Å². The molecule has 3 aromatic carbocycles. The second-order valence-electron chi connectivity index (χ2n) is 7.00. The number of hydrogen-bond donors (Lipinski definition) is 1. The smallest absolute Gasteiger partial charge is 0.416 e. The minimum absolute atomic E-state index is 0.162. The van der Waals surface area contributed by atoms with Crippen molar-refractivity contribution in [3.63, 3.8) is 0 Å². The predicted octanol–water partition coefficient (Wildman–Crippen LogP) is 7.75. The summed E-state index contributed by atoms with van der Waals surface area (Å²) in [5, 5.41) is 2.52. The number of carbonyl (C=O) groups is 1. The molecule has 0 unspecified atom stereocenters. The third-order valence-electron chi connectivity index (χ3n) is 4.76. The molecule has 0 fully saturated rings. The third-order valence-corrected chi connectivity index (χ3v) is 6.89. The zero-order chi connectivity index (χ0) is 23.0. The Morgan fingerprint density at radius 2 is 1.66 bits per heavy atom. The highest BCUT2D eigenvalue weighted by atomic mass is 127. The molecule has 3 aromatic rings. The lowest BCUT2D eigenvalue weighted by Crippen LogP contribution is -2.06. The fraction of sp³-hybridized carbons (Fsp3) is 0.0870. The van der Waals surface area contributed by atoms with Gasteiger partial charge in [-0.05, 0) is 98.8 Å². The van der Waals surface area contributed by atoms with E-state index in [0.29, 0.717) is 17.7 Å².